The first-order chi connectivity index (χ1) is 10.1. The molecule has 1 aliphatic carbocycles. The molecule has 4 nitrogen and oxygen atoms in total. The second-order valence-corrected chi connectivity index (χ2v) is 6.54. The van der Waals surface area contributed by atoms with Gasteiger partial charge in [0.2, 0.25) is 0 Å². The van der Waals surface area contributed by atoms with Crippen LogP contribution in [-0.4, -0.2) is 40.3 Å². The van der Waals surface area contributed by atoms with E-state index in [1.165, 1.54) is 32.1 Å². The Morgan fingerprint density at radius 1 is 1.14 bits per heavy atom. The molecule has 1 saturated carbocycles. The van der Waals surface area contributed by atoms with Crippen LogP contribution >= 0.6 is 0 Å². The van der Waals surface area contributed by atoms with E-state index in [1.807, 2.05) is 0 Å². The molecule has 1 aliphatic heterocycles. The summed E-state index contributed by atoms with van der Waals surface area (Å²) in [5, 5.41) is 23.9. The zero-order valence-corrected chi connectivity index (χ0v) is 12.8. The van der Waals surface area contributed by atoms with Crippen LogP contribution in [0.15, 0.2) is 18.2 Å². The highest BCUT2D eigenvalue weighted by Gasteiger charge is 2.42. The Hall–Kier alpha value is -1.26. The topological polar surface area (TPSA) is 55.7 Å². The van der Waals surface area contributed by atoms with Crippen molar-refractivity contribution in [1.82, 2.24) is 10.2 Å². The van der Waals surface area contributed by atoms with Gasteiger partial charge in [-0.25, -0.2) is 0 Å². The van der Waals surface area contributed by atoms with E-state index in [4.69, 9.17) is 0 Å². The molecule has 0 radical (unpaired) electrons. The summed E-state index contributed by atoms with van der Waals surface area (Å²) in [6.45, 7) is 5.07. The monoisotopic (exact) mass is 290 g/mol. The van der Waals surface area contributed by atoms with Gasteiger partial charge in [0.25, 0.3) is 0 Å². The fraction of sp³-hybridized carbons (Fsp3) is 0.647. The maximum absolute atomic E-state index is 10.2. The number of hydrogen-bond donors (Lipinski definition) is 3. The zero-order chi connectivity index (χ0) is 14.9. The Balaban J connectivity index is 1.92. The summed E-state index contributed by atoms with van der Waals surface area (Å²) in [5.41, 5.74) is 0.856. The van der Waals surface area contributed by atoms with Crippen LogP contribution in [0.2, 0.25) is 0 Å². The lowest BCUT2D eigenvalue weighted by atomic mass is 9.77. The van der Waals surface area contributed by atoms with E-state index in [1.54, 1.807) is 18.2 Å². The van der Waals surface area contributed by atoms with E-state index in [0.29, 0.717) is 5.56 Å². The summed E-state index contributed by atoms with van der Waals surface area (Å²) in [7, 11) is 0. The average Bonchev–Trinajstić information content (AvgIpc) is 2.48. The van der Waals surface area contributed by atoms with Gasteiger partial charge in [-0.1, -0.05) is 25.3 Å². The average molecular weight is 290 g/mol. The van der Waals surface area contributed by atoms with Crippen molar-refractivity contribution < 1.29 is 10.2 Å². The van der Waals surface area contributed by atoms with E-state index in [9.17, 15) is 10.2 Å². The molecule has 2 aliphatic rings. The minimum Gasteiger partial charge on any atom is -0.507 e. The lowest BCUT2D eigenvalue weighted by Crippen LogP contribution is -2.62. The molecule has 1 aromatic rings. The van der Waals surface area contributed by atoms with Crippen LogP contribution in [-0.2, 0) is 0 Å². The summed E-state index contributed by atoms with van der Waals surface area (Å²) in [4.78, 5) is 2.51. The highest BCUT2D eigenvalue weighted by atomic mass is 16.3. The predicted octanol–water partition coefficient (Wildman–Crippen LogP) is 2.77. The summed E-state index contributed by atoms with van der Waals surface area (Å²) in [6, 6.07) is 5.06. The van der Waals surface area contributed by atoms with Crippen LogP contribution < -0.4 is 5.32 Å². The molecule has 1 aromatic carbocycles. The Morgan fingerprint density at radius 3 is 2.48 bits per heavy atom. The number of rotatable bonds is 2. The Morgan fingerprint density at radius 2 is 1.81 bits per heavy atom. The summed E-state index contributed by atoms with van der Waals surface area (Å²) in [6.07, 6.45) is 6.29. The lowest BCUT2D eigenvalue weighted by Gasteiger charge is -2.52. The third-order valence-corrected chi connectivity index (χ3v) is 5.32. The maximum atomic E-state index is 10.2. The van der Waals surface area contributed by atoms with E-state index in [0.717, 1.165) is 19.6 Å². The van der Waals surface area contributed by atoms with Gasteiger partial charge in [0.05, 0.1) is 5.56 Å². The third kappa shape index (κ3) is 2.62. The van der Waals surface area contributed by atoms with Gasteiger partial charge in [-0.15, -0.1) is 0 Å². The van der Waals surface area contributed by atoms with Crippen molar-refractivity contribution in [2.24, 2.45) is 0 Å². The lowest BCUT2D eigenvalue weighted by molar-refractivity contribution is -0.00396. The molecule has 1 spiro atoms. The quantitative estimate of drug-likeness (QED) is 0.784. The van der Waals surface area contributed by atoms with E-state index >= 15 is 0 Å². The molecular formula is C17H26N2O2. The van der Waals surface area contributed by atoms with Crippen molar-refractivity contribution in [3.8, 4) is 11.5 Å². The molecule has 3 rings (SSSR count). The van der Waals surface area contributed by atoms with Gasteiger partial charge in [-0.2, -0.15) is 0 Å². The zero-order valence-electron chi connectivity index (χ0n) is 12.8. The number of benzene rings is 1. The van der Waals surface area contributed by atoms with Crippen molar-refractivity contribution in [2.45, 2.75) is 50.6 Å². The maximum Gasteiger partial charge on any atom is 0.124 e. The molecule has 0 bridgehead atoms. The van der Waals surface area contributed by atoms with E-state index in [2.05, 4.69) is 17.1 Å². The molecule has 0 aromatic heterocycles. The number of piperazine rings is 1. The minimum atomic E-state index is 0.0337. The second kappa shape index (κ2) is 5.85. The molecule has 4 heteroatoms. The van der Waals surface area contributed by atoms with Crippen LogP contribution in [0.1, 0.15) is 50.6 Å². The number of aromatic hydroxyl groups is 2. The molecule has 3 N–H and O–H groups in total. The summed E-state index contributed by atoms with van der Waals surface area (Å²) >= 11 is 0. The Bertz CT molecular complexity index is 469. The van der Waals surface area contributed by atoms with Crippen molar-refractivity contribution >= 4 is 0 Å². The molecule has 1 heterocycles. The minimum absolute atomic E-state index is 0.0337. The van der Waals surface area contributed by atoms with Gasteiger partial charge in [0.15, 0.2) is 0 Å². The van der Waals surface area contributed by atoms with Gasteiger partial charge in [0, 0.05) is 31.2 Å². The van der Waals surface area contributed by atoms with Crippen LogP contribution in [0.25, 0.3) is 0 Å². The van der Waals surface area contributed by atoms with Crippen molar-refractivity contribution in [1.29, 1.82) is 0 Å². The summed E-state index contributed by atoms with van der Waals surface area (Å²) in [5.74, 6) is 0.402. The normalized spacial score (nSPS) is 24.0. The SMILES string of the molecule is CC(c1c(O)cccc1O)N1CCNCC12CCCCC2. The largest absolute Gasteiger partial charge is 0.507 e. The fourth-order valence-electron chi connectivity index (χ4n) is 4.26. The van der Waals surface area contributed by atoms with Gasteiger partial charge < -0.3 is 15.5 Å². The van der Waals surface area contributed by atoms with Crippen LogP contribution in [0, 0.1) is 0 Å². The van der Waals surface area contributed by atoms with Crippen LogP contribution in [0.3, 0.4) is 0 Å². The van der Waals surface area contributed by atoms with Crippen molar-refractivity contribution in [3.05, 3.63) is 23.8 Å². The van der Waals surface area contributed by atoms with Gasteiger partial charge >= 0.3 is 0 Å². The molecule has 1 unspecified atom stereocenters. The molecule has 0 amide bonds. The Kier molecular flexibility index (Phi) is 4.09. The number of phenols is 2. The van der Waals surface area contributed by atoms with Crippen LogP contribution in [0.5, 0.6) is 11.5 Å². The van der Waals surface area contributed by atoms with Gasteiger partial charge in [-0.3, -0.25) is 4.90 Å². The number of hydrogen-bond acceptors (Lipinski definition) is 4. The first-order valence-electron chi connectivity index (χ1n) is 8.12. The highest BCUT2D eigenvalue weighted by molar-refractivity contribution is 5.45. The molecule has 1 saturated heterocycles. The molecule has 1 atom stereocenters. The smallest absolute Gasteiger partial charge is 0.124 e. The number of nitrogens with one attached hydrogen (secondary N) is 1. The van der Waals surface area contributed by atoms with Crippen molar-refractivity contribution in [3.63, 3.8) is 0 Å². The van der Waals surface area contributed by atoms with E-state index in [-0.39, 0.29) is 23.1 Å². The second-order valence-electron chi connectivity index (χ2n) is 6.54. The van der Waals surface area contributed by atoms with Crippen LogP contribution in [0.4, 0.5) is 0 Å². The number of nitrogens with zero attached hydrogens (tertiary/aromatic N) is 1. The van der Waals surface area contributed by atoms with Gasteiger partial charge in [0.1, 0.15) is 11.5 Å². The first kappa shape index (κ1) is 14.7. The molecule has 116 valence electrons. The third-order valence-electron chi connectivity index (χ3n) is 5.32. The Labute approximate surface area is 126 Å². The fourth-order valence-corrected chi connectivity index (χ4v) is 4.26. The highest BCUT2D eigenvalue weighted by Crippen LogP contribution is 2.43. The van der Waals surface area contributed by atoms with E-state index < -0.39 is 0 Å². The van der Waals surface area contributed by atoms with Gasteiger partial charge in [-0.05, 0) is 31.9 Å². The standard InChI is InChI=1S/C17H26N2O2/c1-13(16-14(20)6-5-7-15(16)21)19-11-10-18-12-17(19)8-3-2-4-9-17/h5-7,13,18,20-21H,2-4,8-12H2,1H3. The molecule has 21 heavy (non-hydrogen) atoms. The predicted molar refractivity (Wildman–Crippen MR) is 83.6 cm³/mol. The number of phenolic OH excluding ortho intramolecular Hbond substituents is 2. The summed E-state index contributed by atoms with van der Waals surface area (Å²) < 4.78 is 0. The molecular weight excluding hydrogens is 264 g/mol. The van der Waals surface area contributed by atoms with Crippen molar-refractivity contribution in [2.75, 3.05) is 19.6 Å². The molecule has 2 fully saturated rings. The first-order valence-corrected chi connectivity index (χ1v) is 8.12.